The second-order valence-electron chi connectivity index (χ2n) is 5.54. The van der Waals surface area contributed by atoms with Crippen molar-refractivity contribution in [3.05, 3.63) is 22.0 Å². The van der Waals surface area contributed by atoms with Crippen LogP contribution in [-0.2, 0) is 10.3 Å². The normalized spacial score (nSPS) is 26.2. The zero-order chi connectivity index (χ0) is 14.0. The molecule has 0 unspecified atom stereocenters. The Morgan fingerprint density at radius 3 is 2.84 bits per heavy atom. The molecule has 0 amide bonds. The lowest BCUT2D eigenvalue weighted by molar-refractivity contribution is -0.385. The zero-order valence-electron chi connectivity index (χ0n) is 11.8. The quantitative estimate of drug-likeness (QED) is 0.451. The maximum Gasteiger partial charge on any atom is 0.309 e. The van der Waals surface area contributed by atoms with E-state index in [1.54, 1.807) is 11.6 Å². The highest BCUT2D eigenvalue weighted by Crippen LogP contribution is 2.42. The summed E-state index contributed by atoms with van der Waals surface area (Å²) in [5.74, 6) is 0. The van der Waals surface area contributed by atoms with Gasteiger partial charge >= 0.3 is 5.69 Å². The van der Waals surface area contributed by atoms with Crippen LogP contribution in [0.1, 0.15) is 45.2 Å². The van der Waals surface area contributed by atoms with Gasteiger partial charge in [0.15, 0.2) is 0 Å². The number of nitro groups is 1. The Morgan fingerprint density at radius 2 is 2.32 bits per heavy atom. The van der Waals surface area contributed by atoms with Crippen LogP contribution < -0.4 is 0 Å². The Morgan fingerprint density at radius 1 is 1.63 bits per heavy atom. The van der Waals surface area contributed by atoms with Gasteiger partial charge in [-0.05, 0) is 33.1 Å². The number of unbranched alkanes of at least 4 members (excludes halogenated alkanes) is 1. The van der Waals surface area contributed by atoms with Crippen LogP contribution >= 0.6 is 0 Å². The summed E-state index contributed by atoms with van der Waals surface area (Å²) in [6.45, 7) is 6.77. The maximum atomic E-state index is 10.8. The summed E-state index contributed by atoms with van der Waals surface area (Å²) in [5.41, 5.74) is 0.575. The van der Waals surface area contributed by atoms with E-state index in [2.05, 4.69) is 18.9 Å². The van der Waals surface area contributed by atoms with Gasteiger partial charge in [-0.25, -0.2) is 0 Å². The first-order chi connectivity index (χ1) is 8.98. The van der Waals surface area contributed by atoms with Gasteiger partial charge in [0, 0.05) is 6.61 Å². The van der Waals surface area contributed by atoms with E-state index in [4.69, 9.17) is 4.74 Å². The van der Waals surface area contributed by atoms with E-state index in [9.17, 15) is 10.1 Å². The Kier molecular flexibility index (Phi) is 3.89. The van der Waals surface area contributed by atoms with Crippen LogP contribution in [0.15, 0.2) is 6.20 Å². The van der Waals surface area contributed by atoms with Crippen LogP contribution in [0.2, 0.25) is 0 Å². The largest absolute Gasteiger partial charge is 0.378 e. The standard InChI is InChI=1S/C13H21N3O3/c1-4-5-6-19-11-7-13(3,8-11)15-10(2)12(9-14-15)16(17)18/h9,11H,4-8H2,1-3H3. The predicted molar refractivity (Wildman–Crippen MR) is 71.1 cm³/mol. The van der Waals surface area contributed by atoms with E-state index in [0.717, 1.165) is 32.3 Å². The van der Waals surface area contributed by atoms with E-state index >= 15 is 0 Å². The monoisotopic (exact) mass is 267 g/mol. The average Bonchev–Trinajstić information content (AvgIpc) is 2.69. The fourth-order valence-corrected chi connectivity index (χ4v) is 2.73. The highest BCUT2D eigenvalue weighted by molar-refractivity contribution is 5.32. The van der Waals surface area contributed by atoms with Gasteiger partial charge in [-0.2, -0.15) is 5.10 Å². The first-order valence-electron chi connectivity index (χ1n) is 6.79. The van der Waals surface area contributed by atoms with Crippen molar-refractivity contribution in [3.8, 4) is 0 Å². The highest BCUT2D eigenvalue weighted by atomic mass is 16.6. The molecule has 1 saturated carbocycles. The van der Waals surface area contributed by atoms with Crippen molar-refractivity contribution in [2.45, 2.75) is 58.1 Å². The van der Waals surface area contributed by atoms with Crippen molar-refractivity contribution in [1.82, 2.24) is 9.78 Å². The van der Waals surface area contributed by atoms with Crippen molar-refractivity contribution in [1.29, 1.82) is 0 Å². The molecule has 0 spiro atoms. The van der Waals surface area contributed by atoms with Crippen molar-refractivity contribution < 1.29 is 9.66 Å². The first kappa shape index (κ1) is 14.0. The molecule has 0 saturated heterocycles. The Labute approximate surface area is 112 Å². The minimum absolute atomic E-state index is 0.0941. The van der Waals surface area contributed by atoms with E-state index < -0.39 is 0 Å². The molecule has 1 aliphatic rings. The summed E-state index contributed by atoms with van der Waals surface area (Å²) >= 11 is 0. The topological polar surface area (TPSA) is 70.2 Å². The van der Waals surface area contributed by atoms with Crippen LogP contribution in [0, 0.1) is 17.0 Å². The van der Waals surface area contributed by atoms with Gasteiger partial charge in [0.1, 0.15) is 11.9 Å². The van der Waals surface area contributed by atoms with Crippen LogP contribution in [-0.4, -0.2) is 27.4 Å². The molecule has 1 aromatic rings. The van der Waals surface area contributed by atoms with Gasteiger partial charge in [0.25, 0.3) is 0 Å². The molecule has 106 valence electrons. The molecule has 19 heavy (non-hydrogen) atoms. The van der Waals surface area contributed by atoms with E-state index in [1.807, 2.05) is 0 Å². The van der Waals surface area contributed by atoms with E-state index in [1.165, 1.54) is 6.20 Å². The molecule has 1 aromatic heterocycles. The molecule has 0 N–H and O–H groups in total. The fourth-order valence-electron chi connectivity index (χ4n) is 2.73. The number of aromatic nitrogens is 2. The number of nitrogens with zero attached hydrogens (tertiary/aromatic N) is 3. The van der Waals surface area contributed by atoms with Gasteiger partial charge in [-0.15, -0.1) is 0 Å². The first-order valence-corrected chi connectivity index (χ1v) is 6.79. The van der Waals surface area contributed by atoms with E-state index in [0.29, 0.717) is 5.69 Å². The number of hydrogen-bond acceptors (Lipinski definition) is 4. The Bertz CT molecular complexity index is 464. The molecule has 2 rings (SSSR count). The molecule has 0 aliphatic heterocycles. The molecule has 0 radical (unpaired) electrons. The SMILES string of the molecule is CCCCOC1CC(C)(n2ncc([N+](=O)[O-])c2C)C1. The second kappa shape index (κ2) is 5.28. The molecule has 0 aromatic carbocycles. The van der Waals surface area contributed by atoms with Crippen molar-refractivity contribution in [3.63, 3.8) is 0 Å². The summed E-state index contributed by atoms with van der Waals surface area (Å²) in [7, 11) is 0. The zero-order valence-corrected chi connectivity index (χ0v) is 11.8. The number of rotatable bonds is 6. The minimum atomic E-state index is -0.379. The van der Waals surface area contributed by atoms with Gasteiger partial charge in [-0.1, -0.05) is 13.3 Å². The molecule has 1 aliphatic carbocycles. The van der Waals surface area contributed by atoms with Gasteiger partial charge in [-0.3, -0.25) is 14.8 Å². The third-order valence-electron chi connectivity index (χ3n) is 3.88. The highest BCUT2D eigenvalue weighted by Gasteiger charge is 2.44. The lowest BCUT2D eigenvalue weighted by Crippen LogP contribution is -2.49. The molecule has 1 fully saturated rings. The van der Waals surface area contributed by atoms with Crippen LogP contribution in [0.3, 0.4) is 0 Å². The van der Waals surface area contributed by atoms with Gasteiger partial charge < -0.3 is 4.74 Å². The fraction of sp³-hybridized carbons (Fsp3) is 0.769. The third-order valence-corrected chi connectivity index (χ3v) is 3.88. The summed E-state index contributed by atoms with van der Waals surface area (Å²) in [4.78, 5) is 10.5. The molecule has 1 heterocycles. The molecule has 6 heteroatoms. The Balaban J connectivity index is 1.98. The summed E-state index contributed by atoms with van der Waals surface area (Å²) < 4.78 is 7.54. The molecule has 6 nitrogen and oxygen atoms in total. The smallest absolute Gasteiger partial charge is 0.309 e. The average molecular weight is 267 g/mol. The minimum Gasteiger partial charge on any atom is -0.378 e. The number of hydrogen-bond donors (Lipinski definition) is 0. The third kappa shape index (κ3) is 2.63. The predicted octanol–water partition coefficient (Wildman–Crippen LogP) is 2.79. The van der Waals surface area contributed by atoms with Crippen molar-refractivity contribution in [2.24, 2.45) is 0 Å². The summed E-state index contributed by atoms with van der Waals surface area (Å²) in [6.07, 6.45) is 5.56. The molecule has 0 bridgehead atoms. The van der Waals surface area contributed by atoms with Gasteiger partial charge in [0.05, 0.1) is 16.6 Å². The molecule has 0 atom stereocenters. The molecular weight excluding hydrogens is 246 g/mol. The molecular formula is C13H21N3O3. The van der Waals surface area contributed by atoms with Crippen molar-refractivity contribution >= 4 is 5.69 Å². The lowest BCUT2D eigenvalue weighted by Gasteiger charge is -2.45. The van der Waals surface area contributed by atoms with Crippen LogP contribution in [0.5, 0.6) is 0 Å². The van der Waals surface area contributed by atoms with Crippen LogP contribution in [0.25, 0.3) is 0 Å². The summed E-state index contributed by atoms with van der Waals surface area (Å²) in [5, 5.41) is 15.0. The van der Waals surface area contributed by atoms with Crippen molar-refractivity contribution in [2.75, 3.05) is 6.61 Å². The summed E-state index contributed by atoms with van der Waals surface area (Å²) in [6, 6.07) is 0. The second-order valence-corrected chi connectivity index (χ2v) is 5.54. The maximum absolute atomic E-state index is 10.8. The van der Waals surface area contributed by atoms with Gasteiger partial charge in [0.2, 0.25) is 0 Å². The van der Waals surface area contributed by atoms with E-state index in [-0.39, 0.29) is 22.3 Å². The van der Waals surface area contributed by atoms with Crippen LogP contribution in [0.4, 0.5) is 5.69 Å². The number of ether oxygens (including phenoxy) is 1. The lowest BCUT2D eigenvalue weighted by atomic mass is 9.75. The Hall–Kier alpha value is -1.43.